The van der Waals surface area contributed by atoms with Gasteiger partial charge in [0.1, 0.15) is 23.2 Å². The van der Waals surface area contributed by atoms with Crippen molar-refractivity contribution in [3.05, 3.63) is 101 Å². The van der Waals surface area contributed by atoms with Crippen molar-refractivity contribution in [3.8, 4) is 11.3 Å². The summed E-state index contributed by atoms with van der Waals surface area (Å²) in [5, 5.41) is 15.9. The van der Waals surface area contributed by atoms with Crippen molar-refractivity contribution in [2.45, 2.75) is 114 Å². The van der Waals surface area contributed by atoms with E-state index in [1.54, 1.807) is 35.4 Å². The van der Waals surface area contributed by atoms with Gasteiger partial charge in [0.2, 0.25) is 23.6 Å². The predicted molar refractivity (Wildman–Crippen MR) is 290 cm³/mol. The number of pyridine rings is 2. The first-order chi connectivity index (χ1) is 38.6. The lowest BCUT2D eigenvalue weighted by atomic mass is 9.95. The van der Waals surface area contributed by atoms with E-state index in [1.807, 2.05) is 18.2 Å². The third-order valence-electron chi connectivity index (χ3n) is 15.7. The Labute approximate surface area is 459 Å². The number of halogens is 3. The van der Waals surface area contributed by atoms with E-state index in [0.29, 0.717) is 66.9 Å². The molecule has 7 heterocycles. The number of carbonyl (C=O) groups excluding carboxylic acids is 7. The van der Waals surface area contributed by atoms with Crippen molar-refractivity contribution >= 4 is 75.7 Å². The molecule has 5 aliphatic rings. The average Bonchev–Trinajstić information content (AvgIpc) is 4.06. The second kappa shape index (κ2) is 24.1. The van der Waals surface area contributed by atoms with Crippen molar-refractivity contribution in [2.24, 2.45) is 0 Å². The number of rotatable bonds is 17. The van der Waals surface area contributed by atoms with Crippen LogP contribution in [0.4, 0.5) is 30.5 Å². The van der Waals surface area contributed by atoms with E-state index < -0.39 is 47.3 Å². The van der Waals surface area contributed by atoms with Crippen molar-refractivity contribution in [3.63, 3.8) is 0 Å². The number of anilines is 3. The zero-order valence-electron chi connectivity index (χ0n) is 44.1. The Kier molecular flexibility index (Phi) is 16.7. The quantitative estimate of drug-likeness (QED) is 0.0624. The predicted octanol–water partition coefficient (Wildman–Crippen LogP) is 6.50. The number of fused-ring (bicyclic) bond motifs is 2. The summed E-state index contributed by atoms with van der Waals surface area (Å²) >= 11 is 0. The molecule has 1 unspecified atom stereocenters. The first-order valence-electron chi connectivity index (χ1n) is 27.4. The lowest BCUT2D eigenvalue weighted by molar-refractivity contribution is -0.138. The number of aromatic amines is 1. The maximum atomic E-state index is 14.1. The number of likely N-dealkylation sites (tertiary alicyclic amines) is 1. The van der Waals surface area contributed by atoms with Gasteiger partial charge in [0.25, 0.3) is 17.7 Å². The van der Waals surface area contributed by atoms with Crippen LogP contribution in [0.25, 0.3) is 28.2 Å². The summed E-state index contributed by atoms with van der Waals surface area (Å²) in [4.78, 5) is 106. The molecule has 23 heteroatoms. The normalized spacial score (nSPS) is 19.0. The number of alkyl halides is 3. The highest BCUT2D eigenvalue weighted by molar-refractivity contribution is 6.23. The second-order valence-corrected chi connectivity index (χ2v) is 21.1. The van der Waals surface area contributed by atoms with Gasteiger partial charge in [-0.1, -0.05) is 43.5 Å². The van der Waals surface area contributed by atoms with Crippen molar-refractivity contribution in [1.82, 2.24) is 45.5 Å². The van der Waals surface area contributed by atoms with Gasteiger partial charge in [0, 0.05) is 92.9 Å². The number of benzene rings is 2. The molecular formula is C57H63F3N12O8. The number of hydrogen-bond donors (Lipinski definition) is 5. The molecule has 6 N–H and O–H groups in total. The number of nitrogens with one attached hydrogen (secondary N) is 4. The molecule has 4 aliphatic heterocycles. The van der Waals surface area contributed by atoms with E-state index in [2.05, 4.69) is 45.9 Å². The first kappa shape index (κ1) is 55.3. The molecule has 2 aromatic carbocycles. The highest BCUT2D eigenvalue weighted by Crippen LogP contribution is 2.35. The molecule has 7 amide bonds. The summed E-state index contributed by atoms with van der Waals surface area (Å²) in [6.45, 7) is 3.56. The molecular weight excluding hydrogens is 1040 g/mol. The Morgan fingerprint density at radius 1 is 0.838 bits per heavy atom. The average molecular weight is 1100 g/mol. The number of piperidine rings is 3. The maximum Gasteiger partial charge on any atom is 0.416 e. The van der Waals surface area contributed by atoms with E-state index in [4.69, 9.17) is 10.5 Å². The molecule has 1 aliphatic carbocycles. The third kappa shape index (κ3) is 12.7. The molecule has 3 aromatic heterocycles. The third-order valence-corrected chi connectivity index (χ3v) is 15.7. The van der Waals surface area contributed by atoms with Crippen molar-refractivity contribution < 1.29 is 51.5 Å². The van der Waals surface area contributed by atoms with Crippen LogP contribution in [-0.2, 0) is 30.1 Å². The Bertz CT molecular complexity index is 3200. The Hall–Kier alpha value is -8.05. The fourth-order valence-electron chi connectivity index (χ4n) is 11.3. The molecule has 80 heavy (non-hydrogen) atoms. The molecule has 0 radical (unpaired) electrons. The molecule has 0 spiro atoms. The number of ether oxygens (including phenoxy) is 1. The number of aromatic nitrogens is 4. The van der Waals surface area contributed by atoms with Gasteiger partial charge in [-0.15, -0.1) is 0 Å². The highest BCUT2D eigenvalue weighted by atomic mass is 19.4. The van der Waals surface area contributed by atoms with Crippen LogP contribution in [0.2, 0.25) is 0 Å². The van der Waals surface area contributed by atoms with Crippen LogP contribution in [0.5, 0.6) is 0 Å². The topological polar surface area (TPSA) is 258 Å². The summed E-state index contributed by atoms with van der Waals surface area (Å²) < 4.78 is 46.3. The monoisotopic (exact) mass is 1100 g/mol. The Balaban J connectivity index is 0.715. The molecule has 0 bridgehead atoms. The molecule has 4 fully saturated rings. The van der Waals surface area contributed by atoms with Crippen LogP contribution < -0.4 is 26.6 Å². The molecule has 20 nitrogen and oxygen atoms in total. The van der Waals surface area contributed by atoms with Crippen LogP contribution in [0, 0.1) is 0 Å². The number of nitrogens with two attached hydrogens (primary N) is 1. The van der Waals surface area contributed by atoms with Crippen LogP contribution in [0.15, 0.2) is 73.1 Å². The Morgan fingerprint density at radius 3 is 2.29 bits per heavy atom. The molecule has 5 aromatic rings. The number of amides is 7. The summed E-state index contributed by atoms with van der Waals surface area (Å²) in [7, 11) is 0. The van der Waals surface area contributed by atoms with Gasteiger partial charge in [-0.2, -0.15) is 18.3 Å². The highest BCUT2D eigenvalue weighted by Gasteiger charge is 2.45. The minimum atomic E-state index is -4.59. The fraction of sp³-hybridized carbons (Fsp3) is 0.439. The largest absolute Gasteiger partial charge is 0.416 e. The van der Waals surface area contributed by atoms with Gasteiger partial charge >= 0.3 is 6.18 Å². The molecule has 3 saturated heterocycles. The van der Waals surface area contributed by atoms with Gasteiger partial charge in [0.15, 0.2) is 0 Å². The molecule has 1 atom stereocenters. The summed E-state index contributed by atoms with van der Waals surface area (Å²) in [6, 6.07) is 12.3. The summed E-state index contributed by atoms with van der Waals surface area (Å²) in [6.07, 6.45) is 11.0. The van der Waals surface area contributed by atoms with Crippen LogP contribution in [0.3, 0.4) is 0 Å². The minimum absolute atomic E-state index is 0.0325. The number of hydrogen-bond acceptors (Lipinski definition) is 14. The second-order valence-electron chi connectivity index (χ2n) is 21.1. The van der Waals surface area contributed by atoms with Gasteiger partial charge < -0.3 is 30.9 Å². The van der Waals surface area contributed by atoms with Gasteiger partial charge in [0.05, 0.1) is 46.5 Å². The van der Waals surface area contributed by atoms with E-state index in [-0.39, 0.29) is 90.7 Å². The van der Waals surface area contributed by atoms with E-state index in [9.17, 15) is 46.7 Å². The van der Waals surface area contributed by atoms with Crippen LogP contribution in [-0.4, -0.2) is 146 Å². The zero-order valence-corrected chi connectivity index (χ0v) is 44.1. The van der Waals surface area contributed by atoms with Gasteiger partial charge in [-0.05, 0) is 93.8 Å². The fourth-order valence-corrected chi connectivity index (χ4v) is 11.3. The van der Waals surface area contributed by atoms with Gasteiger partial charge in [-0.3, -0.25) is 53.8 Å². The van der Waals surface area contributed by atoms with Crippen molar-refractivity contribution in [1.29, 1.82) is 0 Å². The number of nitrogens with zero attached hydrogens (tertiary/aromatic N) is 7. The zero-order chi connectivity index (χ0) is 56.1. The van der Waals surface area contributed by atoms with E-state index in [1.165, 1.54) is 18.6 Å². The number of imide groups is 2. The standard InChI is InChI=1S/C57H63F3N12O8/c58-57(59,60)37-17-23-62-45(30-37)65-53(76)35-11-9-34(10-12-35)50-49-51(68-67-50)36(32-63-52(49)61)6-4-5-24-71(29-22-47(74)64-38-7-2-1-3-8-38)48(75)33-69-25-18-40(19-26-69)80-41-20-27-70(28-21-41)39-13-14-42-43(31-39)56(79)72(55(42)78)44-15-16-46(73)66-54(44)77/h4,6,9-14,17,23,30-32,38,40-41,44H,1-3,5,7-8,15-16,18-22,24-29,33H2,(H2,61,63)(H,64,74)(H,67,68)(H,62,65,76)(H,66,73,77)/b6-4+. The smallest absolute Gasteiger partial charge is 0.383 e. The van der Waals surface area contributed by atoms with E-state index >= 15 is 0 Å². The van der Waals surface area contributed by atoms with E-state index in [0.717, 1.165) is 80.3 Å². The first-order valence-corrected chi connectivity index (χ1v) is 27.4. The SMILES string of the molecule is Nc1ncc(/C=C/CCN(CCC(=O)NC2CCCCC2)C(=O)CN2CCC(OC3CCN(c4ccc5c(c4)C(=O)N(C4CCC(=O)NC4=O)C5=O)CC3)CC2)c2n[nH]c(-c3ccc(C(=O)Nc4cc(C(F)(F)F)ccn4)cc3)c12. The maximum absolute atomic E-state index is 14.1. The summed E-state index contributed by atoms with van der Waals surface area (Å²) in [5.41, 5.74) is 9.32. The minimum Gasteiger partial charge on any atom is -0.383 e. The Morgan fingerprint density at radius 2 is 1.56 bits per heavy atom. The van der Waals surface area contributed by atoms with Gasteiger partial charge in [-0.25, -0.2) is 9.97 Å². The lowest BCUT2D eigenvalue weighted by Gasteiger charge is -2.38. The lowest BCUT2D eigenvalue weighted by Crippen LogP contribution is -2.54. The van der Waals surface area contributed by atoms with Crippen LogP contribution >= 0.6 is 0 Å². The number of nitrogen functional groups attached to an aromatic ring is 1. The molecule has 420 valence electrons. The van der Waals surface area contributed by atoms with Crippen LogP contribution in [0.1, 0.15) is 126 Å². The molecule has 1 saturated carbocycles. The molecule has 10 rings (SSSR count). The number of carbonyl (C=O) groups is 7. The summed E-state index contributed by atoms with van der Waals surface area (Å²) in [5.74, 6) is -2.94. The van der Waals surface area contributed by atoms with Crippen molar-refractivity contribution in [2.75, 3.05) is 61.8 Å². The number of H-pyrrole nitrogens is 1.